The van der Waals surface area contributed by atoms with E-state index in [1.54, 1.807) is 18.5 Å². The Kier molecular flexibility index (Phi) is 4.35. The van der Waals surface area contributed by atoms with Gasteiger partial charge in [-0.05, 0) is 37.5 Å². The minimum Gasteiger partial charge on any atom is -0.366 e. The zero-order valence-corrected chi connectivity index (χ0v) is 14.4. The molecular formula is C19H20N6O. The van der Waals surface area contributed by atoms with Crippen LogP contribution < -0.4 is 10.6 Å². The number of nitrogens with two attached hydrogens (primary N) is 1. The molecule has 0 saturated carbocycles. The van der Waals surface area contributed by atoms with Crippen molar-refractivity contribution in [1.82, 2.24) is 19.9 Å². The van der Waals surface area contributed by atoms with Crippen molar-refractivity contribution in [2.75, 3.05) is 18.0 Å². The van der Waals surface area contributed by atoms with Crippen molar-refractivity contribution < 1.29 is 4.79 Å². The number of amides is 1. The molecule has 26 heavy (non-hydrogen) atoms. The zero-order chi connectivity index (χ0) is 17.9. The van der Waals surface area contributed by atoms with E-state index in [1.165, 1.54) is 25.3 Å². The molecule has 3 N–H and O–H groups in total. The second-order valence-electron chi connectivity index (χ2n) is 6.38. The Labute approximate surface area is 151 Å². The van der Waals surface area contributed by atoms with Gasteiger partial charge in [-0.25, -0.2) is 15.0 Å². The number of pyridine rings is 1. The molecule has 0 atom stereocenters. The number of anilines is 1. The number of hydrogen-bond donors (Lipinski definition) is 2. The lowest BCUT2D eigenvalue weighted by molar-refractivity contribution is -0.113. The van der Waals surface area contributed by atoms with Gasteiger partial charge < -0.3 is 15.6 Å². The summed E-state index contributed by atoms with van der Waals surface area (Å²) < 4.78 is 0. The van der Waals surface area contributed by atoms with Gasteiger partial charge in [-0.1, -0.05) is 0 Å². The fourth-order valence-corrected chi connectivity index (χ4v) is 3.20. The predicted octanol–water partition coefficient (Wildman–Crippen LogP) is 2.51. The highest BCUT2D eigenvalue weighted by molar-refractivity contribution is 5.93. The van der Waals surface area contributed by atoms with Crippen molar-refractivity contribution >= 4 is 29.0 Å². The third-order valence-electron chi connectivity index (χ3n) is 4.56. The molecule has 0 aliphatic carbocycles. The summed E-state index contributed by atoms with van der Waals surface area (Å²) >= 11 is 0. The summed E-state index contributed by atoms with van der Waals surface area (Å²) in [4.78, 5) is 30.0. The van der Waals surface area contributed by atoms with Crippen LogP contribution in [0.4, 0.5) is 5.82 Å². The summed E-state index contributed by atoms with van der Waals surface area (Å²) in [5.41, 5.74) is 8.94. The Morgan fingerprint density at radius 1 is 1.15 bits per heavy atom. The first kappa shape index (κ1) is 16.3. The molecule has 4 rings (SSSR count). The number of hydrogen-bond acceptors (Lipinski definition) is 5. The van der Waals surface area contributed by atoms with E-state index in [0.717, 1.165) is 35.7 Å². The van der Waals surface area contributed by atoms with Crippen molar-refractivity contribution in [3.05, 3.63) is 42.4 Å². The van der Waals surface area contributed by atoms with Gasteiger partial charge in [0.1, 0.15) is 11.3 Å². The maximum Gasteiger partial charge on any atom is 0.241 e. The van der Waals surface area contributed by atoms with Gasteiger partial charge in [0, 0.05) is 42.7 Å². The van der Waals surface area contributed by atoms with Gasteiger partial charge in [0.2, 0.25) is 5.91 Å². The highest BCUT2D eigenvalue weighted by Crippen LogP contribution is 2.24. The molecule has 1 fully saturated rings. The normalized spacial score (nSPS) is 15.0. The van der Waals surface area contributed by atoms with Crippen LogP contribution in [0.3, 0.4) is 0 Å². The SMILES string of the molecule is NC(=O)/C=C/c1c[nH]c2ncc(-c3ccc(N4CCCCC4)nc3)nc12. The van der Waals surface area contributed by atoms with Gasteiger partial charge in [-0.3, -0.25) is 4.79 Å². The predicted molar refractivity (Wildman–Crippen MR) is 101 cm³/mol. The van der Waals surface area contributed by atoms with Gasteiger partial charge in [0.25, 0.3) is 0 Å². The van der Waals surface area contributed by atoms with Crippen LogP contribution in [0.2, 0.25) is 0 Å². The molecular weight excluding hydrogens is 328 g/mol. The third-order valence-corrected chi connectivity index (χ3v) is 4.56. The minimum atomic E-state index is -0.499. The molecule has 3 aromatic rings. The van der Waals surface area contributed by atoms with Gasteiger partial charge in [0.15, 0.2) is 5.65 Å². The van der Waals surface area contributed by atoms with Crippen LogP contribution in [0.15, 0.2) is 36.8 Å². The number of carbonyl (C=O) groups is 1. The van der Waals surface area contributed by atoms with Crippen molar-refractivity contribution in [3.8, 4) is 11.3 Å². The summed E-state index contributed by atoms with van der Waals surface area (Å²) in [5.74, 6) is 0.509. The second kappa shape index (κ2) is 6.95. The molecule has 1 saturated heterocycles. The minimum absolute atomic E-state index is 0.499. The Hall–Kier alpha value is -3.22. The maximum atomic E-state index is 11.0. The Bertz CT molecular complexity index is 954. The number of aromatic nitrogens is 4. The standard InChI is InChI=1S/C19H20N6O/c20-16(26)6-4-14-11-22-19-18(14)24-15(12-23-19)13-5-7-17(21-10-13)25-8-2-1-3-9-25/h4-7,10-12H,1-3,8-9H2,(H2,20,26)(H,22,23)/b6-4+. The molecule has 0 bridgehead atoms. The van der Waals surface area contributed by atoms with E-state index < -0.39 is 5.91 Å². The van der Waals surface area contributed by atoms with Crippen LogP contribution >= 0.6 is 0 Å². The number of rotatable bonds is 4. The largest absolute Gasteiger partial charge is 0.366 e. The van der Waals surface area contributed by atoms with Crippen LogP contribution in [0.25, 0.3) is 28.5 Å². The number of nitrogens with zero attached hydrogens (tertiary/aromatic N) is 4. The van der Waals surface area contributed by atoms with Crippen molar-refractivity contribution in [3.63, 3.8) is 0 Å². The van der Waals surface area contributed by atoms with Crippen LogP contribution in [-0.2, 0) is 4.79 Å². The van der Waals surface area contributed by atoms with Gasteiger partial charge in [0.05, 0.1) is 11.9 Å². The molecule has 0 radical (unpaired) electrons. The molecule has 7 nitrogen and oxygen atoms in total. The summed E-state index contributed by atoms with van der Waals surface area (Å²) in [6, 6.07) is 4.07. The molecule has 1 amide bonds. The fraction of sp³-hybridized carbons (Fsp3) is 0.263. The van der Waals surface area contributed by atoms with Crippen LogP contribution in [-0.4, -0.2) is 38.9 Å². The maximum absolute atomic E-state index is 11.0. The Balaban J connectivity index is 1.63. The lowest BCUT2D eigenvalue weighted by Crippen LogP contribution is -2.29. The number of carbonyl (C=O) groups excluding carboxylic acids is 1. The smallest absolute Gasteiger partial charge is 0.241 e. The van der Waals surface area contributed by atoms with E-state index in [0.29, 0.717) is 11.2 Å². The van der Waals surface area contributed by atoms with Gasteiger partial charge in [-0.2, -0.15) is 0 Å². The van der Waals surface area contributed by atoms with E-state index >= 15 is 0 Å². The van der Waals surface area contributed by atoms with E-state index in [9.17, 15) is 4.79 Å². The van der Waals surface area contributed by atoms with Crippen molar-refractivity contribution in [2.24, 2.45) is 5.73 Å². The third kappa shape index (κ3) is 3.28. The number of H-pyrrole nitrogens is 1. The topological polar surface area (TPSA) is 101 Å². The highest BCUT2D eigenvalue weighted by Gasteiger charge is 2.13. The summed E-state index contributed by atoms with van der Waals surface area (Å²) in [6.45, 7) is 2.13. The molecule has 7 heteroatoms. The van der Waals surface area contributed by atoms with Crippen LogP contribution in [0.5, 0.6) is 0 Å². The van der Waals surface area contributed by atoms with E-state index in [4.69, 9.17) is 5.73 Å². The van der Waals surface area contributed by atoms with Gasteiger partial charge in [-0.15, -0.1) is 0 Å². The molecule has 4 heterocycles. The van der Waals surface area contributed by atoms with Crippen molar-refractivity contribution in [1.29, 1.82) is 0 Å². The lowest BCUT2D eigenvalue weighted by Gasteiger charge is -2.27. The summed E-state index contributed by atoms with van der Waals surface area (Å²) in [7, 11) is 0. The van der Waals surface area contributed by atoms with Crippen LogP contribution in [0.1, 0.15) is 24.8 Å². The lowest BCUT2D eigenvalue weighted by atomic mass is 10.1. The number of primary amides is 1. The summed E-state index contributed by atoms with van der Waals surface area (Å²) in [6.07, 6.45) is 12.0. The first-order valence-electron chi connectivity index (χ1n) is 8.74. The first-order valence-corrected chi connectivity index (χ1v) is 8.74. The Morgan fingerprint density at radius 2 is 2.00 bits per heavy atom. The molecule has 3 aromatic heterocycles. The summed E-state index contributed by atoms with van der Waals surface area (Å²) in [5, 5.41) is 0. The number of fused-ring (bicyclic) bond motifs is 1. The average molecular weight is 348 g/mol. The van der Waals surface area contributed by atoms with Gasteiger partial charge >= 0.3 is 0 Å². The Morgan fingerprint density at radius 3 is 2.73 bits per heavy atom. The highest BCUT2D eigenvalue weighted by atomic mass is 16.1. The molecule has 1 aliphatic rings. The molecule has 0 unspecified atom stereocenters. The molecule has 0 aromatic carbocycles. The first-order chi connectivity index (χ1) is 12.7. The number of nitrogens with one attached hydrogen (secondary N) is 1. The van der Waals surface area contributed by atoms with E-state index in [-0.39, 0.29) is 0 Å². The van der Waals surface area contributed by atoms with Crippen LogP contribution in [0, 0.1) is 0 Å². The number of aromatic amines is 1. The second-order valence-corrected chi connectivity index (χ2v) is 6.38. The number of piperidine rings is 1. The monoisotopic (exact) mass is 348 g/mol. The average Bonchev–Trinajstić information content (AvgIpc) is 3.09. The molecule has 132 valence electrons. The van der Waals surface area contributed by atoms with E-state index in [1.807, 2.05) is 18.3 Å². The fourth-order valence-electron chi connectivity index (χ4n) is 3.20. The quantitative estimate of drug-likeness (QED) is 0.706. The van der Waals surface area contributed by atoms with Crippen molar-refractivity contribution in [2.45, 2.75) is 19.3 Å². The molecule has 1 aliphatic heterocycles. The zero-order valence-electron chi connectivity index (χ0n) is 14.4. The molecule has 0 spiro atoms. The van der Waals surface area contributed by atoms with E-state index in [2.05, 4.69) is 24.8 Å².